The van der Waals surface area contributed by atoms with Crippen molar-refractivity contribution in [2.24, 2.45) is 10.9 Å². The molecule has 0 radical (unpaired) electrons. The Hall–Kier alpha value is -1.54. The summed E-state index contributed by atoms with van der Waals surface area (Å²) < 4.78 is 10.7. The zero-order chi connectivity index (χ0) is 20.4. The van der Waals surface area contributed by atoms with Crippen LogP contribution in [0.4, 0.5) is 4.79 Å². The van der Waals surface area contributed by atoms with Crippen molar-refractivity contribution >= 4 is 12.1 Å². The number of nitrogens with one attached hydrogen (secondary N) is 1. The lowest BCUT2D eigenvalue weighted by molar-refractivity contribution is 0.00253. The fourth-order valence-corrected chi connectivity index (χ4v) is 4.18. The molecule has 0 aliphatic carbocycles. The molecule has 0 aromatic rings. The first kappa shape index (κ1) is 22.7. The molecule has 1 atom stereocenters. The molecule has 2 aliphatic heterocycles. The van der Waals surface area contributed by atoms with Crippen LogP contribution in [0.15, 0.2) is 4.99 Å². The Balaban J connectivity index is 1.90. The van der Waals surface area contributed by atoms with Crippen LogP contribution in [0.5, 0.6) is 0 Å². The van der Waals surface area contributed by atoms with Crippen molar-refractivity contribution in [2.45, 2.75) is 39.7 Å². The van der Waals surface area contributed by atoms with E-state index < -0.39 is 0 Å². The summed E-state index contributed by atoms with van der Waals surface area (Å²) in [5, 5.41) is 3.61. The van der Waals surface area contributed by atoms with Gasteiger partial charge in [0.15, 0.2) is 5.96 Å². The Bertz CT molecular complexity index is 484. The van der Waals surface area contributed by atoms with Gasteiger partial charge in [0.25, 0.3) is 0 Å². The first-order valence-corrected chi connectivity index (χ1v) is 10.8. The van der Waals surface area contributed by atoms with Gasteiger partial charge >= 0.3 is 6.09 Å². The van der Waals surface area contributed by atoms with E-state index in [9.17, 15) is 4.79 Å². The molecule has 8 nitrogen and oxygen atoms in total. The molecule has 0 spiro atoms. The zero-order valence-electron chi connectivity index (χ0n) is 18.2. The zero-order valence-corrected chi connectivity index (χ0v) is 18.2. The number of carbonyl (C=O) groups excluding carboxylic acids is 1. The first-order chi connectivity index (χ1) is 13.6. The molecule has 0 saturated carbocycles. The molecule has 28 heavy (non-hydrogen) atoms. The van der Waals surface area contributed by atoms with Crippen molar-refractivity contribution in [3.05, 3.63) is 0 Å². The van der Waals surface area contributed by atoms with Gasteiger partial charge in [-0.05, 0) is 12.8 Å². The number of piperazine rings is 1. The number of hydrogen-bond acceptors (Lipinski definition) is 5. The minimum absolute atomic E-state index is 0.216. The summed E-state index contributed by atoms with van der Waals surface area (Å²) in [6.45, 7) is 14.2. The van der Waals surface area contributed by atoms with E-state index in [4.69, 9.17) is 9.47 Å². The van der Waals surface area contributed by atoms with Crippen LogP contribution in [0.1, 0.15) is 33.6 Å². The molecule has 8 heteroatoms. The fourth-order valence-electron chi connectivity index (χ4n) is 4.18. The Morgan fingerprint density at radius 1 is 1.04 bits per heavy atom. The predicted molar refractivity (Wildman–Crippen MR) is 112 cm³/mol. The monoisotopic (exact) mass is 397 g/mol. The number of carbonyl (C=O) groups is 1. The van der Waals surface area contributed by atoms with Crippen molar-refractivity contribution in [1.82, 2.24) is 20.0 Å². The van der Waals surface area contributed by atoms with Crippen LogP contribution in [-0.2, 0) is 9.47 Å². The van der Waals surface area contributed by atoms with Crippen LogP contribution >= 0.6 is 0 Å². The maximum atomic E-state index is 11.9. The molecular formula is C20H39N5O3. The minimum atomic E-state index is -0.216. The molecule has 2 saturated heterocycles. The number of aliphatic imine (C=N–C) groups is 1. The molecule has 2 rings (SSSR count). The van der Waals surface area contributed by atoms with E-state index >= 15 is 0 Å². The molecule has 1 unspecified atom stereocenters. The third-order valence-corrected chi connectivity index (χ3v) is 5.89. The normalized spacial score (nSPS) is 20.4. The summed E-state index contributed by atoms with van der Waals surface area (Å²) in [6.07, 6.45) is 2.14. The smallest absolute Gasteiger partial charge is 0.409 e. The number of nitrogens with zero attached hydrogens (tertiary/aromatic N) is 4. The van der Waals surface area contributed by atoms with Gasteiger partial charge in [-0.2, -0.15) is 0 Å². The van der Waals surface area contributed by atoms with Crippen molar-refractivity contribution in [3.8, 4) is 0 Å². The molecule has 1 N–H and O–H groups in total. The van der Waals surface area contributed by atoms with Gasteiger partial charge in [0.1, 0.15) is 0 Å². The maximum Gasteiger partial charge on any atom is 0.409 e. The van der Waals surface area contributed by atoms with E-state index in [1.54, 1.807) is 4.90 Å². The topological polar surface area (TPSA) is 69.6 Å². The van der Waals surface area contributed by atoms with E-state index in [1.807, 2.05) is 14.0 Å². The van der Waals surface area contributed by atoms with Gasteiger partial charge in [0, 0.05) is 58.9 Å². The number of ether oxygens (including phenoxy) is 2. The summed E-state index contributed by atoms with van der Waals surface area (Å²) in [4.78, 5) is 23.0. The number of guanidine groups is 1. The summed E-state index contributed by atoms with van der Waals surface area (Å²) in [5.74, 6) is 1.58. The molecule has 0 aromatic heterocycles. The molecule has 2 aliphatic rings. The molecule has 0 aromatic carbocycles. The summed E-state index contributed by atoms with van der Waals surface area (Å²) in [6, 6.07) is 0.483. The van der Waals surface area contributed by atoms with Gasteiger partial charge in [-0.25, -0.2) is 4.79 Å². The fraction of sp³-hybridized carbons (Fsp3) is 0.900. The standard InChI is InChI=1S/C20H39N5O3/c1-5-17(6-2)18(23-12-14-27-15-13-23)16-22-19(21-4)24-8-10-25(11-9-24)20(26)28-7-3/h17-18H,5-16H2,1-4H3,(H,21,22). The van der Waals surface area contributed by atoms with Crippen LogP contribution in [0.2, 0.25) is 0 Å². The highest BCUT2D eigenvalue weighted by Gasteiger charge is 2.28. The van der Waals surface area contributed by atoms with Crippen LogP contribution in [0.3, 0.4) is 0 Å². The lowest BCUT2D eigenvalue weighted by atomic mass is 9.92. The second-order valence-corrected chi connectivity index (χ2v) is 7.39. The summed E-state index contributed by atoms with van der Waals surface area (Å²) >= 11 is 0. The molecule has 1 amide bonds. The van der Waals surface area contributed by atoms with Crippen molar-refractivity contribution < 1.29 is 14.3 Å². The van der Waals surface area contributed by atoms with Crippen molar-refractivity contribution in [2.75, 3.05) is 72.7 Å². The molecule has 162 valence electrons. The second kappa shape index (κ2) is 12.1. The maximum absolute atomic E-state index is 11.9. The van der Waals surface area contributed by atoms with E-state index in [2.05, 4.69) is 34.0 Å². The highest BCUT2D eigenvalue weighted by Crippen LogP contribution is 2.19. The van der Waals surface area contributed by atoms with Crippen molar-refractivity contribution in [3.63, 3.8) is 0 Å². The Morgan fingerprint density at radius 3 is 2.18 bits per heavy atom. The lowest BCUT2D eigenvalue weighted by Gasteiger charge is -2.40. The van der Waals surface area contributed by atoms with Crippen LogP contribution in [0, 0.1) is 5.92 Å². The predicted octanol–water partition coefficient (Wildman–Crippen LogP) is 1.47. The molecule has 2 fully saturated rings. The molecular weight excluding hydrogens is 358 g/mol. The quantitative estimate of drug-likeness (QED) is 0.518. The van der Waals surface area contributed by atoms with E-state index in [1.165, 1.54) is 12.8 Å². The summed E-state index contributed by atoms with van der Waals surface area (Å²) in [7, 11) is 1.83. The van der Waals surface area contributed by atoms with E-state index in [-0.39, 0.29) is 6.09 Å². The number of amides is 1. The van der Waals surface area contributed by atoms with Gasteiger partial charge in [-0.1, -0.05) is 26.7 Å². The van der Waals surface area contributed by atoms with Gasteiger partial charge < -0.3 is 24.6 Å². The van der Waals surface area contributed by atoms with Crippen LogP contribution < -0.4 is 5.32 Å². The average molecular weight is 398 g/mol. The van der Waals surface area contributed by atoms with Gasteiger partial charge in [-0.3, -0.25) is 9.89 Å². The van der Waals surface area contributed by atoms with Crippen molar-refractivity contribution in [1.29, 1.82) is 0 Å². The Labute approximate surface area is 170 Å². The lowest BCUT2D eigenvalue weighted by Crippen LogP contribution is -2.57. The number of hydrogen-bond donors (Lipinski definition) is 1. The van der Waals surface area contributed by atoms with Gasteiger partial charge in [0.2, 0.25) is 0 Å². The average Bonchev–Trinajstić information content (AvgIpc) is 2.74. The van der Waals surface area contributed by atoms with E-state index in [0.717, 1.165) is 51.9 Å². The SMILES string of the molecule is CCOC(=O)N1CCN(C(=NC)NCC(C(CC)CC)N2CCOCC2)CC1. The Kier molecular flexibility index (Phi) is 9.84. The molecule has 0 bridgehead atoms. The number of rotatable bonds is 7. The molecule has 2 heterocycles. The summed E-state index contributed by atoms with van der Waals surface area (Å²) in [5.41, 5.74) is 0. The largest absolute Gasteiger partial charge is 0.450 e. The third-order valence-electron chi connectivity index (χ3n) is 5.89. The minimum Gasteiger partial charge on any atom is -0.450 e. The van der Waals surface area contributed by atoms with Crippen LogP contribution in [-0.4, -0.2) is 105 Å². The van der Waals surface area contributed by atoms with Gasteiger partial charge in [-0.15, -0.1) is 0 Å². The Morgan fingerprint density at radius 2 is 1.64 bits per heavy atom. The van der Waals surface area contributed by atoms with Crippen LogP contribution in [0.25, 0.3) is 0 Å². The third kappa shape index (κ3) is 6.24. The highest BCUT2D eigenvalue weighted by molar-refractivity contribution is 5.80. The number of morpholine rings is 1. The second-order valence-electron chi connectivity index (χ2n) is 7.39. The highest BCUT2D eigenvalue weighted by atomic mass is 16.6. The van der Waals surface area contributed by atoms with Gasteiger partial charge in [0.05, 0.1) is 19.8 Å². The first-order valence-electron chi connectivity index (χ1n) is 10.8. The van der Waals surface area contributed by atoms with E-state index in [0.29, 0.717) is 31.7 Å².